The van der Waals surface area contributed by atoms with E-state index >= 15 is 0 Å². The summed E-state index contributed by atoms with van der Waals surface area (Å²) in [4.78, 5) is 14.6. The lowest BCUT2D eigenvalue weighted by Crippen LogP contribution is -2.46. The fraction of sp³-hybridized carbons (Fsp3) is 0.650. The number of benzene rings is 1. The second-order valence-electron chi connectivity index (χ2n) is 7.74. The maximum absolute atomic E-state index is 13.2. The second kappa shape index (κ2) is 8.61. The van der Waals surface area contributed by atoms with E-state index in [1.165, 1.54) is 0 Å². The maximum Gasteiger partial charge on any atom is 0.392 e. The molecule has 1 aromatic carbocycles. The minimum absolute atomic E-state index is 0.0316. The molecule has 2 N–H and O–H groups in total. The fourth-order valence-corrected chi connectivity index (χ4v) is 4.37. The fourth-order valence-electron chi connectivity index (χ4n) is 4.37. The predicted octanol–water partition coefficient (Wildman–Crippen LogP) is 3.11. The molecule has 1 amide bonds. The Balaban J connectivity index is 1.58. The van der Waals surface area contributed by atoms with Gasteiger partial charge >= 0.3 is 6.18 Å². The van der Waals surface area contributed by atoms with Crippen molar-refractivity contribution in [3.63, 3.8) is 0 Å². The van der Waals surface area contributed by atoms with E-state index in [4.69, 9.17) is 0 Å². The molecule has 1 saturated carbocycles. The maximum atomic E-state index is 13.2. The van der Waals surface area contributed by atoms with Gasteiger partial charge in [0.05, 0.1) is 12.0 Å². The SMILES string of the molecule is O=C(NCC1CC(O)CN1Cc1ccccc1)[C@@H]1CCCC[C@H]1C(F)(F)F. The molecule has 0 spiro atoms. The number of hydrogen-bond donors (Lipinski definition) is 2. The van der Waals surface area contributed by atoms with Gasteiger partial charge in [-0.2, -0.15) is 13.2 Å². The van der Waals surface area contributed by atoms with Crippen LogP contribution in [0.3, 0.4) is 0 Å². The lowest BCUT2D eigenvalue weighted by Gasteiger charge is -2.32. The molecule has 27 heavy (non-hydrogen) atoms. The normalized spacial score (nSPS) is 29.6. The highest BCUT2D eigenvalue weighted by Gasteiger charge is 2.48. The van der Waals surface area contributed by atoms with Crippen LogP contribution in [0.5, 0.6) is 0 Å². The molecule has 3 rings (SSSR count). The molecule has 2 unspecified atom stereocenters. The Morgan fingerprint density at radius 1 is 1.19 bits per heavy atom. The number of nitrogens with one attached hydrogen (secondary N) is 1. The average molecular weight is 384 g/mol. The molecule has 1 heterocycles. The summed E-state index contributed by atoms with van der Waals surface area (Å²) in [6, 6.07) is 9.74. The number of aliphatic hydroxyl groups is 1. The van der Waals surface area contributed by atoms with Gasteiger partial charge in [-0.25, -0.2) is 0 Å². The van der Waals surface area contributed by atoms with Crippen LogP contribution in [0.15, 0.2) is 30.3 Å². The van der Waals surface area contributed by atoms with Crippen LogP contribution >= 0.6 is 0 Å². The van der Waals surface area contributed by atoms with Gasteiger partial charge < -0.3 is 10.4 Å². The summed E-state index contributed by atoms with van der Waals surface area (Å²) in [6.07, 6.45) is -2.79. The zero-order chi connectivity index (χ0) is 19.4. The number of β-amino-alcohol motifs (C(OH)–C–C–N with tert-alkyl or cyclic N) is 1. The van der Waals surface area contributed by atoms with E-state index < -0.39 is 30.0 Å². The number of alkyl halides is 3. The van der Waals surface area contributed by atoms with Crippen molar-refractivity contribution in [2.75, 3.05) is 13.1 Å². The molecule has 4 atom stereocenters. The number of likely N-dealkylation sites (tertiary alicyclic amines) is 1. The highest BCUT2D eigenvalue weighted by atomic mass is 19.4. The summed E-state index contributed by atoms with van der Waals surface area (Å²) in [5.41, 5.74) is 1.10. The predicted molar refractivity (Wildman–Crippen MR) is 95.8 cm³/mol. The van der Waals surface area contributed by atoms with E-state index in [9.17, 15) is 23.1 Å². The van der Waals surface area contributed by atoms with Gasteiger partial charge in [0, 0.05) is 31.6 Å². The highest BCUT2D eigenvalue weighted by molar-refractivity contribution is 5.79. The van der Waals surface area contributed by atoms with Gasteiger partial charge in [-0.3, -0.25) is 9.69 Å². The minimum Gasteiger partial charge on any atom is -0.392 e. The average Bonchev–Trinajstić information content (AvgIpc) is 2.99. The molecule has 2 fully saturated rings. The Labute approximate surface area is 157 Å². The van der Waals surface area contributed by atoms with Gasteiger partial charge in [-0.15, -0.1) is 0 Å². The number of aliphatic hydroxyl groups excluding tert-OH is 1. The summed E-state index contributed by atoms with van der Waals surface area (Å²) in [5.74, 6) is -3.04. The van der Waals surface area contributed by atoms with E-state index in [1.54, 1.807) is 0 Å². The standard InChI is InChI=1S/C20H27F3N2O2/c21-20(22,23)18-9-5-4-8-17(18)19(27)24-11-15-10-16(26)13-25(15)12-14-6-2-1-3-7-14/h1-3,6-7,15-18,26H,4-5,8-13H2,(H,24,27)/t15?,16?,17-,18-/m1/s1. The molecule has 7 heteroatoms. The molecule has 0 radical (unpaired) electrons. The van der Waals surface area contributed by atoms with Crippen LogP contribution in [0, 0.1) is 11.8 Å². The van der Waals surface area contributed by atoms with Gasteiger partial charge in [0.2, 0.25) is 5.91 Å². The van der Waals surface area contributed by atoms with Crippen LogP contribution in [-0.2, 0) is 11.3 Å². The Morgan fingerprint density at radius 3 is 2.59 bits per heavy atom. The number of halogens is 3. The number of rotatable bonds is 5. The van der Waals surface area contributed by atoms with Crippen LogP contribution in [0.4, 0.5) is 13.2 Å². The molecular formula is C20H27F3N2O2. The Bertz CT molecular complexity index is 623. The topological polar surface area (TPSA) is 52.6 Å². The van der Waals surface area contributed by atoms with Gasteiger partial charge in [0.1, 0.15) is 0 Å². The third kappa shape index (κ3) is 5.23. The van der Waals surface area contributed by atoms with E-state index in [2.05, 4.69) is 10.2 Å². The van der Waals surface area contributed by atoms with Gasteiger partial charge in [0.25, 0.3) is 0 Å². The molecule has 4 nitrogen and oxygen atoms in total. The van der Waals surface area contributed by atoms with Crippen molar-refractivity contribution in [2.24, 2.45) is 11.8 Å². The first kappa shape index (κ1) is 20.1. The summed E-state index contributed by atoms with van der Waals surface area (Å²) in [6.45, 7) is 1.42. The highest BCUT2D eigenvalue weighted by Crippen LogP contribution is 2.41. The summed E-state index contributed by atoms with van der Waals surface area (Å²) in [7, 11) is 0. The van der Waals surface area contributed by atoms with Crippen molar-refractivity contribution < 1.29 is 23.1 Å². The number of hydrogen-bond acceptors (Lipinski definition) is 3. The Hall–Kier alpha value is -1.60. The molecule has 0 aromatic heterocycles. The lowest BCUT2D eigenvalue weighted by atomic mass is 9.78. The van der Waals surface area contributed by atoms with E-state index in [0.717, 1.165) is 5.56 Å². The molecule has 1 aliphatic carbocycles. The number of carbonyl (C=O) groups is 1. The summed E-state index contributed by atoms with van der Waals surface area (Å²) < 4.78 is 39.7. The third-order valence-corrected chi connectivity index (χ3v) is 5.77. The Kier molecular flexibility index (Phi) is 6.42. The van der Waals surface area contributed by atoms with Gasteiger partial charge in [0.15, 0.2) is 0 Å². The van der Waals surface area contributed by atoms with Crippen molar-refractivity contribution in [1.29, 1.82) is 0 Å². The van der Waals surface area contributed by atoms with Crippen molar-refractivity contribution in [1.82, 2.24) is 10.2 Å². The molecule has 1 aromatic rings. The monoisotopic (exact) mass is 384 g/mol. The largest absolute Gasteiger partial charge is 0.392 e. The molecule has 0 bridgehead atoms. The first-order valence-corrected chi connectivity index (χ1v) is 9.65. The molecule has 2 aliphatic rings. The summed E-state index contributed by atoms with van der Waals surface area (Å²) in [5, 5.41) is 12.7. The van der Waals surface area contributed by atoms with E-state index in [0.29, 0.717) is 32.4 Å². The third-order valence-electron chi connectivity index (χ3n) is 5.77. The zero-order valence-electron chi connectivity index (χ0n) is 15.3. The molecule has 1 aliphatic heterocycles. The number of carbonyl (C=O) groups excluding carboxylic acids is 1. The molecule has 150 valence electrons. The number of amides is 1. The first-order valence-electron chi connectivity index (χ1n) is 9.65. The zero-order valence-corrected chi connectivity index (χ0v) is 15.3. The van der Waals surface area contributed by atoms with E-state index in [1.807, 2.05) is 30.3 Å². The van der Waals surface area contributed by atoms with Gasteiger partial charge in [-0.05, 0) is 24.8 Å². The lowest BCUT2D eigenvalue weighted by molar-refractivity contribution is -0.198. The van der Waals surface area contributed by atoms with E-state index in [-0.39, 0.29) is 25.4 Å². The van der Waals surface area contributed by atoms with Crippen LogP contribution in [0.25, 0.3) is 0 Å². The van der Waals surface area contributed by atoms with Gasteiger partial charge in [-0.1, -0.05) is 43.2 Å². The number of nitrogens with zero attached hydrogens (tertiary/aromatic N) is 1. The van der Waals surface area contributed by atoms with Crippen LogP contribution in [0.1, 0.15) is 37.7 Å². The smallest absolute Gasteiger partial charge is 0.392 e. The van der Waals surface area contributed by atoms with Crippen molar-refractivity contribution in [3.05, 3.63) is 35.9 Å². The molecular weight excluding hydrogens is 357 g/mol. The van der Waals surface area contributed by atoms with Crippen molar-refractivity contribution in [2.45, 2.75) is 57.0 Å². The molecule has 1 saturated heterocycles. The van der Waals surface area contributed by atoms with Crippen molar-refractivity contribution in [3.8, 4) is 0 Å². The summed E-state index contributed by atoms with van der Waals surface area (Å²) >= 11 is 0. The van der Waals surface area contributed by atoms with Crippen LogP contribution in [-0.4, -0.2) is 47.3 Å². The van der Waals surface area contributed by atoms with Crippen LogP contribution in [0.2, 0.25) is 0 Å². The minimum atomic E-state index is -4.33. The quantitative estimate of drug-likeness (QED) is 0.820. The Morgan fingerprint density at radius 2 is 1.89 bits per heavy atom. The second-order valence-corrected chi connectivity index (χ2v) is 7.74. The van der Waals surface area contributed by atoms with Crippen molar-refractivity contribution >= 4 is 5.91 Å². The van der Waals surface area contributed by atoms with Crippen LogP contribution < -0.4 is 5.32 Å². The first-order chi connectivity index (χ1) is 12.8.